The van der Waals surface area contributed by atoms with Crippen LogP contribution in [-0.4, -0.2) is 49.4 Å². The molecule has 5 nitrogen and oxygen atoms in total. The minimum Gasteiger partial charge on any atom is -0.326 e. The number of nitrogens with one attached hydrogen (secondary N) is 1. The van der Waals surface area contributed by atoms with Gasteiger partial charge in [-0.05, 0) is 70.1 Å². The van der Waals surface area contributed by atoms with Crippen LogP contribution >= 0.6 is 11.6 Å². The van der Waals surface area contributed by atoms with Crippen molar-refractivity contribution in [3.63, 3.8) is 0 Å². The smallest absolute Gasteiger partial charge is 0.227 e. The van der Waals surface area contributed by atoms with Gasteiger partial charge >= 0.3 is 0 Å². The third kappa shape index (κ3) is 4.89. The predicted molar refractivity (Wildman–Crippen MR) is 114 cm³/mol. The van der Waals surface area contributed by atoms with E-state index in [1.54, 1.807) is 32.9 Å². The molecule has 156 valence electrons. The maximum atomic E-state index is 12.5. The number of nitrogens with zero attached hydrogens (tertiary/aromatic N) is 1. The Morgan fingerprint density at radius 1 is 1.25 bits per heavy atom. The van der Waals surface area contributed by atoms with E-state index in [1.165, 1.54) is 0 Å². The molecule has 0 aromatic heterocycles. The van der Waals surface area contributed by atoms with Gasteiger partial charge in [-0.1, -0.05) is 17.7 Å². The van der Waals surface area contributed by atoms with Crippen LogP contribution in [0.4, 0.5) is 5.69 Å². The van der Waals surface area contributed by atoms with Crippen molar-refractivity contribution in [2.24, 2.45) is 11.3 Å². The van der Waals surface area contributed by atoms with E-state index in [1.807, 2.05) is 12.1 Å². The van der Waals surface area contributed by atoms with Gasteiger partial charge in [-0.15, -0.1) is 0 Å². The zero-order chi connectivity index (χ0) is 20.6. The van der Waals surface area contributed by atoms with Gasteiger partial charge < -0.3 is 10.2 Å². The van der Waals surface area contributed by atoms with Crippen LogP contribution < -0.4 is 5.32 Å². The van der Waals surface area contributed by atoms with Crippen LogP contribution in [0.15, 0.2) is 24.3 Å². The Bertz CT molecular complexity index is 816. The second-order valence-corrected chi connectivity index (χ2v) is 12.7. The van der Waals surface area contributed by atoms with Crippen LogP contribution in [0.2, 0.25) is 5.02 Å². The third-order valence-electron chi connectivity index (χ3n) is 6.24. The highest BCUT2D eigenvalue weighted by molar-refractivity contribution is 7.92. The Balaban J connectivity index is 1.43. The lowest BCUT2D eigenvalue weighted by Gasteiger charge is -2.53. The summed E-state index contributed by atoms with van der Waals surface area (Å²) in [6.45, 7) is 7.80. The van der Waals surface area contributed by atoms with Gasteiger partial charge in [0.25, 0.3) is 0 Å². The van der Waals surface area contributed by atoms with Crippen LogP contribution in [0.25, 0.3) is 0 Å². The van der Waals surface area contributed by atoms with Crippen molar-refractivity contribution in [1.82, 2.24) is 4.90 Å². The van der Waals surface area contributed by atoms with Gasteiger partial charge in [0.05, 0.1) is 10.5 Å². The van der Waals surface area contributed by atoms with Gasteiger partial charge in [-0.3, -0.25) is 4.79 Å². The molecule has 1 saturated carbocycles. The molecular formula is C21H31ClN2O3S. The predicted octanol–water partition coefficient (Wildman–Crippen LogP) is 3.98. The highest BCUT2D eigenvalue weighted by Gasteiger charge is 2.46. The molecule has 2 aliphatic rings. The van der Waals surface area contributed by atoms with Crippen molar-refractivity contribution in [3.8, 4) is 0 Å². The Hall–Kier alpha value is -1.11. The summed E-state index contributed by atoms with van der Waals surface area (Å²) >= 11 is 5.98. The average molecular weight is 427 g/mol. The van der Waals surface area contributed by atoms with Gasteiger partial charge in [0, 0.05) is 36.3 Å². The lowest BCUT2D eigenvalue weighted by atomic mass is 9.66. The molecule has 0 bridgehead atoms. The van der Waals surface area contributed by atoms with Crippen LogP contribution in [-0.2, 0) is 14.6 Å². The molecule has 0 atom stereocenters. The zero-order valence-electron chi connectivity index (χ0n) is 17.0. The molecule has 1 aliphatic heterocycles. The number of halogens is 1. The number of anilines is 1. The molecule has 1 spiro atoms. The van der Waals surface area contributed by atoms with E-state index in [2.05, 4.69) is 10.2 Å². The van der Waals surface area contributed by atoms with E-state index in [0.29, 0.717) is 11.6 Å². The van der Waals surface area contributed by atoms with E-state index in [0.717, 1.165) is 44.5 Å². The monoisotopic (exact) mass is 426 g/mol. The first-order chi connectivity index (χ1) is 13.0. The number of amides is 1. The maximum absolute atomic E-state index is 12.5. The Morgan fingerprint density at radius 3 is 2.46 bits per heavy atom. The highest BCUT2D eigenvalue weighted by atomic mass is 35.5. The third-order valence-corrected chi connectivity index (χ3v) is 9.06. The number of likely N-dealkylation sites (tertiary alicyclic amines) is 1. The summed E-state index contributed by atoms with van der Waals surface area (Å²) in [6, 6.07) is 7.23. The zero-order valence-corrected chi connectivity index (χ0v) is 18.6. The van der Waals surface area contributed by atoms with Crippen molar-refractivity contribution in [2.75, 3.05) is 30.7 Å². The number of hydrogen-bond acceptors (Lipinski definition) is 4. The molecule has 0 unspecified atom stereocenters. The van der Waals surface area contributed by atoms with E-state index in [9.17, 15) is 13.2 Å². The van der Waals surface area contributed by atoms with Gasteiger partial charge in [0.1, 0.15) is 0 Å². The van der Waals surface area contributed by atoms with Gasteiger partial charge in [-0.2, -0.15) is 0 Å². The molecule has 28 heavy (non-hydrogen) atoms. The quantitative estimate of drug-likeness (QED) is 0.773. The molecular weight excluding hydrogens is 396 g/mol. The summed E-state index contributed by atoms with van der Waals surface area (Å²) in [5.41, 5.74) is 1.02. The normalized spacial score (nSPS) is 20.7. The maximum Gasteiger partial charge on any atom is 0.227 e. The summed E-state index contributed by atoms with van der Waals surface area (Å²) < 4.78 is 23.9. The minimum absolute atomic E-state index is 0.0416. The van der Waals surface area contributed by atoms with Crippen LogP contribution in [0.5, 0.6) is 0 Å². The SMILES string of the molecule is CC(C)(C)S(=O)(=O)CCN1CC2(CCC(C(=O)Nc3cccc(Cl)c3)CC2)C1. The molecule has 1 aliphatic carbocycles. The molecule has 0 radical (unpaired) electrons. The largest absolute Gasteiger partial charge is 0.326 e. The van der Waals surface area contributed by atoms with Crippen LogP contribution in [0.1, 0.15) is 46.5 Å². The lowest BCUT2D eigenvalue weighted by Crippen LogP contribution is -2.59. The number of sulfone groups is 1. The summed E-state index contributed by atoms with van der Waals surface area (Å²) in [5, 5.41) is 3.59. The van der Waals surface area contributed by atoms with Crippen molar-refractivity contribution < 1.29 is 13.2 Å². The molecule has 1 N–H and O–H groups in total. The molecule has 2 fully saturated rings. The Labute approximate surface area is 173 Å². The summed E-state index contributed by atoms with van der Waals surface area (Å²) in [7, 11) is -3.07. The van der Waals surface area contributed by atoms with Gasteiger partial charge in [0.2, 0.25) is 5.91 Å². The molecule has 1 aromatic rings. The second-order valence-electron chi connectivity index (χ2n) is 9.42. The fourth-order valence-electron chi connectivity index (χ4n) is 4.24. The molecule has 1 aromatic carbocycles. The van der Waals surface area contributed by atoms with E-state index in [4.69, 9.17) is 11.6 Å². The minimum atomic E-state index is -3.07. The molecule has 3 rings (SSSR count). The van der Waals surface area contributed by atoms with E-state index < -0.39 is 14.6 Å². The van der Waals surface area contributed by atoms with Gasteiger partial charge in [0.15, 0.2) is 9.84 Å². The topological polar surface area (TPSA) is 66.5 Å². The van der Waals surface area contributed by atoms with Crippen molar-refractivity contribution in [3.05, 3.63) is 29.3 Å². The first kappa shape index (κ1) is 21.6. The van der Waals surface area contributed by atoms with Crippen LogP contribution in [0.3, 0.4) is 0 Å². The van der Waals surface area contributed by atoms with E-state index >= 15 is 0 Å². The summed E-state index contributed by atoms with van der Waals surface area (Å²) in [5.74, 6) is 0.335. The highest BCUT2D eigenvalue weighted by Crippen LogP contribution is 2.45. The Kier molecular flexibility index (Phi) is 6.14. The molecule has 1 heterocycles. The number of benzene rings is 1. The second kappa shape index (κ2) is 7.96. The fraction of sp³-hybridized carbons (Fsp3) is 0.667. The molecule has 7 heteroatoms. The standard InChI is InChI=1S/C21H31ClN2O3S/c1-20(2,3)28(26,27)12-11-24-14-21(15-24)9-7-16(8-10-21)19(25)23-18-6-4-5-17(22)13-18/h4-6,13,16H,7-12,14-15H2,1-3H3,(H,23,25). The number of carbonyl (C=O) groups excluding carboxylic acids is 1. The number of rotatable bonds is 5. The average Bonchev–Trinajstić information content (AvgIpc) is 2.57. The van der Waals surface area contributed by atoms with Gasteiger partial charge in [-0.25, -0.2) is 8.42 Å². The van der Waals surface area contributed by atoms with Crippen molar-refractivity contribution in [2.45, 2.75) is 51.2 Å². The Morgan fingerprint density at radius 2 is 1.89 bits per heavy atom. The molecule has 1 saturated heterocycles. The summed E-state index contributed by atoms with van der Waals surface area (Å²) in [4.78, 5) is 14.8. The fourth-order valence-corrected chi connectivity index (χ4v) is 5.54. The first-order valence-corrected chi connectivity index (χ1v) is 12.0. The molecule has 1 amide bonds. The van der Waals surface area contributed by atoms with E-state index in [-0.39, 0.29) is 23.0 Å². The summed E-state index contributed by atoms with van der Waals surface area (Å²) in [6.07, 6.45) is 3.84. The number of carbonyl (C=O) groups is 1. The van der Waals surface area contributed by atoms with Crippen molar-refractivity contribution in [1.29, 1.82) is 0 Å². The van der Waals surface area contributed by atoms with Crippen LogP contribution in [0, 0.1) is 11.3 Å². The number of hydrogen-bond donors (Lipinski definition) is 1. The first-order valence-electron chi connectivity index (χ1n) is 10.0. The lowest BCUT2D eigenvalue weighted by molar-refractivity contribution is -0.123. The van der Waals surface area contributed by atoms with Crippen molar-refractivity contribution >= 4 is 33.0 Å².